The fourth-order valence-electron chi connectivity index (χ4n) is 1.33. The highest BCUT2D eigenvalue weighted by molar-refractivity contribution is 5.04. The second-order valence-corrected chi connectivity index (χ2v) is 3.38. The number of rotatable bonds is 2. The molecule has 1 aromatic heterocycles. The quantitative estimate of drug-likeness (QED) is 0.740. The minimum absolute atomic E-state index is 0.0572. The molecule has 2 heterocycles. The van der Waals surface area contributed by atoms with Gasteiger partial charge in [0.05, 0.1) is 0 Å². The van der Waals surface area contributed by atoms with E-state index in [1.807, 2.05) is 6.92 Å². The lowest BCUT2D eigenvalue weighted by Crippen LogP contribution is -2.44. The Morgan fingerprint density at radius 2 is 2.38 bits per heavy atom. The maximum Gasteiger partial charge on any atom is 0.165 e. The number of hydrogen-bond donors (Lipinski definition) is 1. The summed E-state index contributed by atoms with van der Waals surface area (Å²) in [6.45, 7) is 3.31. The van der Waals surface area contributed by atoms with Crippen LogP contribution in [0.3, 0.4) is 0 Å². The van der Waals surface area contributed by atoms with Crippen molar-refractivity contribution in [2.75, 3.05) is 13.1 Å². The maximum absolute atomic E-state index is 13.6. The van der Waals surface area contributed by atoms with E-state index in [0.717, 1.165) is 18.8 Å². The third-order valence-corrected chi connectivity index (χ3v) is 2.29. The minimum atomic E-state index is -1.01. The van der Waals surface area contributed by atoms with Crippen LogP contribution in [0, 0.1) is 12.8 Å². The Morgan fingerprint density at radius 3 is 2.92 bits per heavy atom. The van der Waals surface area contributed by atoms with Crippen molar-refractivity contribution in [1.29, 1.82) is 0 Å². The van der Waals surface area contributed by atoms with Crippen molar-refractivity contribution in [2.45, 2.75) is 13.1 Å². The van der Waals surface area contributed by atoms with Crippen molar-refractivity contribution in [3.05, 3.63) is 23.8 Å². The van der Waals surface area contributed by atoms with E-state index in [4.69, 9.17) is 0 Å². The summed E-state index contributed by atoms with van der Waals surface area (Å²) >= 11 is 0. The van der Waals surface area contributed by atoms with E-state index in [9.17, 15) is 4.39 Å². The molecule has 70 valence electrons. The van der Waals surface area contributed by atoms with Crippen molar-refractivity contribution < 1.29 is 4.39 Å². The lowest BCUT2D eigenvalue weighted by molar-refractivity contribution is 0.162. The molecule has 0 amide bonds. The monoisotopic (exact) mass is 181 g/mol. The van der Waals surface area contributed by atoms with Crippen LogP contribution in [-0.4, -0.2) is 23.1 Å². The average Bonchev–Trinajstić information content (AvgIpc) is 2.01. The van der Waals surface area contributed by atoms with Gasteiger partial charge in [-0.2, -0.15) is 0 Å². The molecule has 0 bridgehead atoms. The summed E-state index contributed by atoms with van der Waals surface area (Å²) in [5.74, 6) is 0.383. The van der Waals surface area contributed by atoms with Crippen molar-refractivity contribution >= 4 is 0 Å². The van der Waals surface area contributed by atoms with Gasteiger partial charge in [-0.1, -0.05) is 0 Å². The van der Waals surface area contributed by atoms with Gasteiger partial charge in [0.1, 0.15) is 0 Å². The Labute approximate surface area is 76.4 Å². The average molecular weight is 181 g/mol. The second kappa shape index (κ2) is 3.38. The first-order valence-electron chi connectivity index (χ1n) is 4.41. The highest BCUT2D eigenvalue weighted by Gasteiger charge is 2.29. The molecule has 1 N–H and O–H groups in total. The largest absolute Gasteiger partial charge is 0.316 e. The zero-order valence-electron chi connectivity index (χ0n) is 7.50. The zero-order chi connectivity index (χ0) is 9.26. The molecule has 1 aliphatic rings. The molecule has 0 saturated carbocycles. The Morgan fingerprint density at radius 1 is 1.62 bits per heavy atom. The first kappa shape index (κ1) is 8.56. The van der Waals surface area contributed by atoms with Crippen LogP contribution in [0.4, 0.5) is 4.39 Å². The number of halogens is 1. The number of alkyl halides is 1. The Hall–Kier alpha value is -1.03. The summed E-state index contributed by atoms with van der Waals surface area (Å²) in [6.07, 6.45) is 0.595. The highest BCUT2D eigenvalue weighted by Crippen LogP contribution is 2.25. The van der Waals surface area contributed by atoms with Crippen LogP contribution in [0.15, 0.2) is 12.3 Å². The van der Waals surface area contributed by atoms with Gasteiger partial charge in [-0.15, -0.1) is 0 Å². The van der Waals surface area contributed by atoms with Gasteiger partial charge in [0.25, 0.3) is 0 Å². The van der Waals surface area contributed by atoms with Crippen molar-refractivity contribution in [2.24, 2.45) is 5.92 Å². The van der Waals surface area contributed by atoms with Crippen molar-refractivity contribution in [1.82, 2.24) is 15.3 Å². The van der Waals surface area contributed by atoms with Gasteiger partial charge < -0.3 is 5.32 Å². The van der Waals surface area contributed by atoms with Crippen LogP contribution in [0.2, 0.25) is 0 Å². The molecule has 0 spiro atoms. The highest BCUT2D eigenvalue weighted by atomic mass is 19.1. The lowest BCUT2D eigenvalue weighted by atomic mass is 9.97. The van der Waals surface area contributed by atoms with Crippen LogP contribution < -0.4 is 5.32 Å². The van der Waals surface area contributed by atoms with Crippen molar-refractivity contribution in [3.63, 3.8) is 0 Å². The minimum Gasteiger partial charge on any atom is -0.316 e. The molecule has 4 heteroatoms. The number of hydrogen-bond acceptors (Lipinski definition) is 3. The molecular formula is C9H12FN3. The van der Waals surface area contributed by atoms with Gasteiger partial charge in [-0.05, 0) is 13.0 Å². The third-order valence-electron chi connectivity index (χ3n) is 2.29. The Kier molecular flexibility index (Phi) is 2.22. The van der Waals surface area contributed by atoms with E-state index in [-0.39, 0.29) is 5.92 Å². The van der Waals surface area contributed by atoms with E-state index >= 15 is 0 Å². The molecule has 1 unspecified atom stereocenters. The van der Waals surface area contributed by atoms with E-state index in [2.05, 4.69) is 15.3 Å². The molecule has 3 nitrogen and oxygen atoms in total. The molecule has 1 saturated heterocycles. The van der Waals surface area contributed by atoms with E-state index in [0.29, 0.717) is 5.82 Å². The molecule has 1 atom stereocenters. The molecule has 0 aromatic carbocycles. The van der Waals surface area contributed by atoms with E-state index in [1.54, 1.807) is 12.3 Å². The standard InChI is InChI=1S/C9H12FN3/c1-6-2-3-12-9(13-6)8(10)7-4-11-5-7/h2-3,7-8,11H,4-5H2,1H3. The Bertz CT molecular complexity index is 299. The number of nitrogens with one attached hydrogen (secondary N) is 1. The molecule has 1 aliphatic heterocycles. The summed E-state index contributed by atoms with van der Waals surface area (Å²) < 4.78 is 13.6. The Balaban J connectivity index is 2.14. The summed E-state index contributed by atoms with van der Waals surface area (Å²) in [5.41, 5.74) is 0.819. The number of aromatic nitrogens is 2. The van der Waals surface area contributed by atoms with Crippen LogP contribution >= 0.6 is 0 Å². The van der Waals surface area contributed by atoms with Gasteiger partial charge in [0.2, 0.25) is 0 Å². The molecule has 0 radical (unpaired) electrons. The predicted molar refractivity (Wildman–Crippen MR) is 47.0 cm³/mol. The van der Waals surface area contributed by atoms with Gasteiger partial charge >= 0.3 is 0 Å². The van der Waals surface area contributed by atoms with E-state index < -0.39 is 6.17 Å². The van der Waals surface area contributed by atoms with Crippen molar-refractivity contribution in [3.8, 4) is 0 Å². The van der Waals surface area contributed by atoms with Gasteiger partial charge in [0.15, 0.2) is 12.0 Å². The summed E-state index contributed by atoms with van der Waals surface area (Å²) in [6, 6.07) is 1.77. The zero-order valence-corrected chi connectivity index (χ0v) is 7.50. The van der Waals surface area contributed by atoms with Crippen LogP contribution in [0.1, 0.15) is 17.7 Å². The molecule has 1 fully saturated rings. The van der Waals surface area contributed by atoms with Gasteiger partial charge in [-0.25, -0.2) is 14.4 Å². The fourth-order valence-corrected chi connectivity index (χ4v) is 1.33. The number of aryl methyl sites for hydroxylation is 1. The third kappa shape index (κ3) is 1.67. The smallest absolute Gasteiger partial charge is 0.165 e. The second-order valence-electron chi connectivity index (χ2n) is 3.38. The molecule has 13 heavy (non-hydrogen) atoms. The summed E-state index contributed by atoms with van der Waals surface area (Å²) in [7, 11) is 0. The van der Waals surface area contributed by atoms with E-state index in [1.165, 1.54) is 0 Å². The molecular weight excluding hydrogens is 169 g/mol. The summed E-state index contributed by atoms with van der Waals surface area (Å²) in [5, 5.41) is 3.03. The first-order valence-corrected chi connectivity index (χ1v) is 4.41. The lowest BCUT2D eigenvalue weighted by Gasteiger charge is -2.29. The van der Waals surface area contributed by atoms with Gasteiger partial charge in [-0.3, -0.25) is 0 Å². The molecule has 2 rings (SSSR count). The fraction of sp³-hybridized carbons (Fsp3) is 0.556. The van der Waals surface area contributed by atoms with Gasteiger partial charge in [0, 0.05) is 30.9 Å². The summed E-state index contributed by atoms with van der Waals surface area (Å²) in [4.78, 5) is 7.99. The number of nitrogens with zero attached hydrogens (tertiary/aromatic N) is 2. The maximum atomic E-state index is 13.6. The molecule has 1 aromatic rings. The van der Waals surface area contributed by atoms with Crippen LogP contribution in [0.5, 0.6) is 0 Å². The first-order chi connectivity index (χ1) is 6.27. The van der Waals surface area contributed by atoms with Crippen LogP contribution in [-0.2, 0) is 0 Å². The van der Waals surface area contributed by atoms with Crippen LogP contribution in [0.25, 0.3) is 0 Å². The predicted octanol–water partition coefficient (Wildman–Crippen LogP) is 1.02. The molecule has 0 aliphatic carbocycles. The normalized spacial score (nSPS) is 19.5. The topological polar surface area (TPSA) is 37.8 Å². The SMILES string of the molecule is Cc1ccnc(C(F)C2CNC2)n1.